The molecule has 162 valence electrons. The molecule has 1 aliphatic heterocycles. The largest absolute Gasteiger partial charge is 0.478 e. The highest BCUT2D eigenvalue weighted by Crippen LogP contribution is 2.07. The van der Waals surface area contributed by atoms with Crippen molar-refractivity contribution in [1.82, 2.24) is 20.7 Å². The minimum absolute atomic E-state index is 0.0381. The summed E-state index contributed by atoms with van der Waals surface area (Å²) in [7, 11) is 0. The molecule has 1 aliphatic rings. The predicted molar refractivity (Wildman–Crippen MR) is 112 cm³/mol. The van der Waals surface area contributed by atoms with E-state index >= 15 is 0 Å². The van der Waals surface area contributed by atoms with Gasteiger partial charge in [0, 0.05) is 31.7 Å². The Morgan fingerprint density at radius 2 is 1.65 bits per heavy atom. The lowest BCUT2D eigenvalue weighted by Crippen LogP contribution is -2.57. The summed E-state index contributed by atoms with van der Waals surface area (Å²) in [6.07, 6.45) is -0.706. The number of carboxylic acid groups (broad SMARTS) is 1. The van der Waals surface area contributed by atoms with Gasteiger partial charge in [0.15, 0.2) is 0 Å². The van der Waals surface area contributed by atoms with Crippen molar-refractivity contribution in [1.29, 1.82) is 5.41 Å². The van der Waals surface area contributed by atoms with Gasteiger partial charge in [-0.05, 0) is 23.8 Å². The normalized spacial score (nSPS) is 13.9. The van der Waals surface area contributed by atoms with Gasteiger partial charge in [-0.25, -0.2) is 14.6 Å². The van der Waals surface area contributed by atoms with Crippen molar-refractivity contribution >= 4 is 23.9 Å². The van der Waals surface area contributed by atoms with Gasteiger partial charge in [-0.15, -0.1) is 0 Å². The van der Waals surface area contributed by atoms with Gasteiger partial charge in [0.25, 0.3) is 5.91 Å². The topological polar surface area (TPSA) is 135 Å². The fraction of sp³-hybridized carbons (Fsp3) is 0.238. The maximum atomic E-state index is 12.4. The van der Waals surface area contributed by atoms with Crippen molar-refractivity contribution in [2.75, 3.05) is 26.2 Å². The molecule has 10 nitrogen and oxygen atoms in total. The third-order valence-corrected chi connectivity index (χ3v) is 4.66. The molecule has 0 aliphatic carbocycles. The number of nitrogens with one attached hydrogen (secondary N) is 3. The molecule has 1 saturated heterocycles. The van der Waals surface area contributed by atoms with Crippen molar-refractivity contribution in [2.24, 2.45) is 0 Å². The standard InChI is InChI=1S/C21H23N5O5/c22-20(23-21(30)31-14-15-5-2-1-3-6-15)25-9-11-26(12-10-25)24-18(27)16-7-4-8-17(13-16)19(28)29/h1-8,13H,9-12,14H2,(H,24,27)(H,28,29)(H2,22,23,30). The number of carboxylic acids is 1. The summed E-state index contributed by atoms with van der Waals surface area (Å²) >= 11 is 0. The highest BCUT2D eigenvalue weighted by molar-refractivity contribution is 5.97. The monoisotopic (exact) mass is 425 g/mol. The summed E-state index contributed by atoms with van der Waals surface area (Å²) in [5.41, 5.74) is 3.87. The average Bonchev–Trinajstić information content (AvgIpc) is 2.79. The molecule has 0 spiro atoms. The Bertz CT molecular complexity index is 958. The van der Waals surface area contributed by atoms with E-state index in [1.165, 1.54) is 18.2 Å². The number of piperazine rings is 1. The van der Waals surface area contributed by atoms with E-state index in [-0.39, 0.29) is 23.7 Å². The highest BCUT2D eigenvalue weighted by atomic mass is 16.5. The molecule has 0 radical (unpaired) electrons. The highest BCUT2D eigenvalue weighted by Gasteiger charge is 2.22. The number of hydrogen-bond donors (Lipinski definition) is 4. The van der Waals surface area contributed by atoms with Crippen LogP contribution in [0, 0.1) is 5.41 Å². The van der Waals surface area contributed by atoms with Gasteiger partial charge < -0.3 is 14.7 Å². The lowest BCUT2D eigenvalue weighted by molar-refractivity contribution is 0.0696. The summed E-state index contributed by atoms with van der Waals surface area (Å²) < 4.78 is 5.11. The first-order valence-corrected chi connectivity index (χ1v) is 9.63. The molecular weight excluding hydrogens is 402 g/mol. The first kappa shape index (κ1) is 21.8. The first-order valence-electron chi connectivity index (χ1n) is 9.63. The Balaban J connectivity index is 1.42. The van der Waals surface area contributed by atoms with E-state index in [9.17, 15) is 14.4 Å². The molecule has 0 saturated carbocycles. The van der Waals surface area contributed by atoms with Gasteiger partial charge in [0.2, 0.25) is 5.96 Å². The molecule has 1 heterocycles. The van der Waals surface area contributed by atoms with Gasteiger partial charge in [0.05, 0.1) is 5.56 Å². The third kappa shape index (κ3) is 6.28. The molecule has 10 heteroatoms. The van der Waals surface area contributed by atoms with Crippen LogP contribution in [-0.2, 0) is 11.3 Å². The van der Waals surface area contributed by atoms with Crippen LogP contribution < -0.4 is 10.7 Å². The number of ether oxygens (including phenoxy) is 1. The van der Waals surface area contributed by atoms with Gasteiger partial charge >= 0.3 is 12.1 Å². The second kappa shape index (κ2) is 10.2. The molecule has 4 N–H and O–H groups in total. The van der Waals surface area contributed by atoms with E-state index in [4.69, 9.17) is 15.3 Å². The average molecular weight is 425 g/mol. The minimum Gasteiger partial charge on any atom is -0.478 e. The van der Waals surface area contributed by atoms with Gasteiger partial charge in [-0.1, -0.05) is 36.4 Å². The maximum Gasteiger partial charge on any atom is 0.414 e. The quantitative estimate of drug-likeness (QED) is 0.421. The fourth-order valence-electron chi connectivity index (χ4n) is 2.98. The summed E-state index contributed by atoms with van der Waals surface area (Å²) in [5.74, 6) is -1.58. The van der Waals surface area contributed by atoms with Crippen LogP contribution in [0.4, 0.5) is 4.79 Å². The van der Waals surface area contributed by atoms with E-state index < -0.39 is 18.0 Å². The van der Waals surface area contributed by atoms with Crippen molar-refractivity contribution in [2.45, 2.75) is 6.61 Å². The van der Waals surface area contributed by atoms with Crippen molar-refractivity contribution < 1.29 is 24.2 Å². The van der Waals surface area contributed by atoms with Crippen LogP contribution in [0.1, 0.15) is 26.3 Å². The maximum absolute atomic E-state index is 12.4. The zero-order valence-electron chi connectivity index (χ0n) is 16.7. The lowest BCUT2D eigenvalue weighted by atomic mass is 10.1. The number of hydrogen-bond acceptors (Lipinski definition) is 6. The Kier molecular flexibility index (Phi) is 7.17. The summed E-state index contributed by atoms with van der Waals surface area (Å²) in [6, 6.07) is 15.0. The van der Waals surface area contributed by atoms with E-state index in [0.29, 0.717) is 26.2 Å². The number of guanidine groups is 1. The summed E-state index contributed by atoms with van der Waals surface area (Å²) in [5, 5.41) is 21.2. The Morgan fingerprint density at radius 3 is 2.32 bits per heavy atom. The molecule has 31 heavy (non-hydrogen) atoms. The lowest BCUT2D eigenvalue weighted by Gasteiger charge is -2.35. The molecule has 3 rings (SSSR count). The second-order valence-electron chi connectivity index (χ2n) is 6.84. The van der Waals surface area contributed by atoms with Gasteiger partial charge in [-0.2, -0.15) is 0 Å². The first-order chi connectivity index (χ1) is 14.9. The van der Waals surface area contributed by atoms with Crippen molar-refractivity contribution in [3.05, 3.63) is 71.3 Å². The summed E-state index contributed by atoms with van der Waals surface area (Å²) in [6.45, 7) is 1.78. The number of amides is 2. The molecule has 2 aromatic carbocycles. The van der Waals surface area contributed by atoms with E-state index in [2.05, 4.69) is 10.7 Å². The molecule has 0 atom stereocenters. The van der Waals surface area contributed by atoms with Crippen LogP contribution >= 0.6 is 0 Å². The number of carbonyl (C=O) groups excluding carboxylic acids is 2. The predicted octanol–water partition coefficient (Wildman–Crippen LogP) is 1.51. The van der Waals surface area contributed by atoms with Crippen LogP contribution in [0.5, 0.6) is 0 Å². The summed E-state index contributed by atoms with van der Waals surface area (Å²) in [4.78, 5) is 37.0. The molecule has 0 aromatic heterocycles. The Hall–Kier alpha value is -3.92. The number of aromatic carboxylic acids is 1. The van der Waals surface area contributed by atoms with Crippen LogP contribution in [0.2, 0.25) is 0 Å². The van der Waals surface area contributed by atoms with Crippen LogP contribution in [0.3, 0.4) is 0 Å². The minimum atomic E-state index is -1.10. The SMILES string of the molecule is N=C(NC(=O)OCc1ccccc1)N1CCN(NC(=O)c2cccc(C(=O)O)c2)CC1. The number of benzene rings is 2. The molecule has 2 amide bonds. The van der Waals surface area contributed by atoms with Crippen molar-refractivity contribution in [3.8, 4) is 0 Å². The van der Waals surface area contributed by atoms with E-state index in [1.54, 1.807) is 16.0 Å². The molecular formula is C21H23N5O5. The smallest absolute Gasteiger partial charge is 0.414 e. The molecule has 2 aromatic rings. The van der Waals surface area contributed by atoms with Crippen LogP contribution in [0.15, 0.2) is 54.6 Å². The third-order valence-electron chi connectivity index (χ3n) is 4.66. The molecule has 0 unspecified atom stereocenters. The number of carbonyl (C=O) groups is 3. The Morgan fingerprint density at radius 1 is 0.968 bits per heavy atom. The van der Waals surface area contributed by atoms with Gasteiger partial charge in [0.1, 0.15) is 6.61 Å². The van der Waals surface area contributed by atoms with Crippen LogP contribution in [0.25, 0.3) is 0 Å². The number of rotatable bonds is 5. The number of alkyl carbamates (subject to hydrolysis) is 1. The van der Waals surface area contributed by atoms with E-state index in [1.807, 2.05) is 30.3 Å². The van der Waals surface area contributed by atoms with Gasteiger partial charge in [-0.3, -0.25) is 20.9 Å². The zero-order valence-corrected chi connectivity index (χ0v) is 16.7. The van der Waals surface area contributed by atoms with Crippen LogP contribution in [-0.4, -0.2) is 65.1 Å². The molecule has 0 bridgehead atoms. The number of hydrazine groups is 1. The Labute approximate surface area is 178 Å². The van der Waals surface area contributed by atoms with E-state index in [0.717, 1.165) is 5.56 Å². The van der Waals surface area contributed by atoms with Crippen molar-refractivity contribution in [3.63, 3.8) is 0 Å². The number of nitrogens with zero attached hydrogens (tertiary/aromatic N) is 2. The zero-order chi connectivity index (χ0) is 22.2. The molecule has 1 fully saturated rings. The second-order valence-corrected chi connectivity index (χ2v) is 6.84. The fourth-order valence-corrected chi connectivity index (χ4v) is 2.98.